The van der Waals surface area contributed by atoms with Crippen LogP contribution in [0, 0.1) is 0 Å². The molecule has 3 rings (SSSR count). The van der Waals surface area contributed by atoms with Crippen LogP contribution in [0.5, 0.6) is 0 Å². The van der Waals surface area contributed by atoms with Gasteiger partial charge in [-0.3, -0.25) is 0 Å². The van der Waals surface area contributed by atoms with Gasteiger partial charge in [-0.05, 0) is 54.0 Å². The predicted octanol–water partition coefficient (Wildman–Crippen LogP) is 3.34. The Bertz CT molecular complexity index is 778. The maximum atomic E-state index is 12.4. The molecule has 0 saturated carbocycles. The Morgan fingerprint density at radius 3 is 2.29 bits per heavy atom. The number of carbonyl (C=O) groups is 2. The molecule has 0 atom stereocenters. The van der Waals surface area contributed by atoms with Crippen LogP contribution in [0.1, 0.15) is 49.4 Å². The highest BCUT2D eigenvalue weighted by molar-refractivity contribution is 5.98. The smallest absolute Gasteiger partial charge is 0.338 e. The summed E-state index contributed by atoms with van der Waals surface area (Å²) in [5, 5.41) is 0. The van der Waals surface area contributed by atoms with Crippen LogP contribution >= 0.6 is 0 Å². The van der Waals surface area contributed by atoms with E-state index in [1.165, 1.54) is 14.2 Å². The molecule has 4 nitrogen and oxygen atoms in total. The molecule has 0 fully saturated rings. The second kappa shape index (κ2) is 6.87. The Labute approximate surface area is 141 Å². The lowest BCUT2D eigenvalue weighted by Gasteiger charge is -2.16. The van der Waals surface area contributed by atoms with E-state index < -0.39 is 0 Å². The van der Waals surface area contributed by atoms with Crippen molar-refractivity contribution in [3.63, 3.8) is 0 Å². The molecule has 24 heavy (non-hydrogen) atoms. The van der Waals surface area contributed by atoms with E-state index in [1.807, 2.05) is 30.3 Å². The Morgan fingerprint density at radius 2 is 1.62 bits per heavy atom. The van der Waals surface area contributed by atoms with Crippen LogP contribution in [0.4, 0.5) is 0 Å². The van der Waals surface area contributed by atoms with Gasteiger partial charge in [0.2, 0.25) is 0 Å². The topological polar surface area (TPSA) is 52.6 Å². The highest BCUT2D eigenvalue weighted by Crippen LogP contribution is 2.33. The Morgan fingerprint density at radius 1 is 0.958 bits per heavy atom. The average Bonchev–Trinajstić information content (AvgIpc) is 3.10. The fourth-order valence-electron chi connectivity index (χ4n) is 3.45. The molecule has 0 aromatic heterocycles. The van der Waals surface area contributed by atoms with Crippen molar-refractivity contribution >= 4 is 11.9 Å². The van der Waals surface area contributed by atoms with Gasteiger partial charge in [0.05, 0.1) is 25.3 Å². The van der Waals surface area contributed by atoms with Gasteiger partial charge in [-0.25, -0.2) is 9.59 Å². The number of esters is 2. The van der Waals surface area contributed by atoms with Crippen molar-refractivity contribution in [2.45, 2.75) is 25.7 Å². The van der Waals surface area contributed by atoms with Gasteiger partial charge < -0.3 is 9.47 Å². The molecule has 4 heteroatoms. The largest absolute Gasteiger partial charge is 0.465 e. The number of methoxy groups -OCH3 is 2. The van der Waals surface area contributed by atoms with E-state index in [0.29, 0.717) is 17.5 Å². The Balaban J connectivity index is 2.17. The number of fused-ring (bicyclic) bond motifs is 1. The summed E-state index contributed by atoms with van der Waals surface area (Å²) in [5.41, 5.74) is 4.95. The van der Waals surface area contributed by atoms with Crippen molar-refractivity contribution in [2.75, 3.05) is 14.2 Å². The molecule has 1 aliphatic rings. The summed E-state index contributed by atoms with van der Waals surface area (Å²) in [7, 11) is 2.78. The van der Waals surface area contributed by atoms with Crippen molar-refractivity contribution in [1.82, 2.24) is 0 Å². The van der Waals surface area contributed by atoms with Crippen molar-refractivity contribution in [1.29, 1.82) is 0 Å². The van der Waals surface area contributed by atoms with Gasteiger partial charge in [0, 0.05) is 0 Å². The van der Waals surface area contributed by atoms with Crippen LogP contribution in [-0.4, -0.2) is 26.2 Å². The maximum Gasteiger partial charge on any atom is 0.338 e. The summed E-state index contributed by atoms with van der Waals surface area (Å²) in [4.78, 5) is 24.6. The average molecular weight is 324 g/mol. The highest BCUT2D eigenvalue weighted by Gasteiger charge is 2.28. The van der Waals surface area contributed by atoms with Crippen LogP contribution in [0.25, 0.3) is 0 Å². The van der Waals surface area contributed by atoms with Crippen LogP contribution in [0.2, 0.25) is 0 Å². The lowest BCUT2D eigenvalue weighted by atomic mass is 9.90. The van der Waals surface area contributed by atoms with E-state index in [-0.39, 0.29) is 11.9 Å². The minimum atomic E-state index is -0.348. The number of carbonyl (C=O) groups excluding carboxylic acids is 2. The Hall–Kier alpha value is -2.62. The van der Waals surface area contributed by atoms with E-state index in [0.717, 1.165) is 41.5 Å². The fraction of sp³-hybridized carbons (Fsp3) is 0.300. The van der Waals surface area contributed by atoms with E-state index in [9.17, 15) is 9.59 Å². The van der Waals surface area contributed by atoms with Gasteiger partial charge >= 0.3 is 11.9 Å². The maximum absolute atomic E-state index is 12.4. The van der Waals surface area contributed by atoms with Crippen molar-refractivity contribution in [3.05, 3.63) is 69.8 Å². The predicted molar refractivity (Wildman–Crippen MR) is 90.4 cm³/mol. The molecular weight excluding hydrogens is 304 g/mol. The lowest BCUT2D eigenvalue weighted by Crippen LogP contribution is -2.15. The molecule has 124 valence electrons. The molecule has 2 aromatic rings. The number of rotatable bonds is 4. The van der Waals surface area contributed by atoms with E-state index >= 15 is 0 Å². The van der Waals surface area contributed by atoms with Gasteiger partial charge in [-0.2, -0.15) is 0 Å². The number of ether oxygens (including phenoxy) is 2. The Kier molecular flexibility index (Phi) is 4.65. The molecule has 1 aliphatic carbocycles. The minimum absolute atomic E-state index is 0.338. The number of hydrogen-bond acceptors (Lipinski definition) is 4. The van der Waals surface area contributed by atoms with Crippen molar-refractivity contribution < 1.29 is 19.1 Å². The molecule has 0 heterocycles. The highest BCUT2D eigenvalue weighted by atomic mass is 16.5. The molecule has 0 unspecified atom stereocenters. The molecule has 0 radical (unpaired) electrons. The van der Waals surface area contributed by atoms with E-state index in [2.05, 4.69) is 0 Å². The normalized spacial score (nSPS) is 12.6. The summed E-state index contributed by atoms with van der Waals surface area (Å²) in [5.74, 6) is -0.686. The molecule has 0 spiro atoms. The third-order valence-electron chi connectivity index (χ3n) is 4.52. The number of benzene rings is 2. The summed E-state index contributed by atoms with van der Waals surface area (Å²) in [6.07, 6.45) is 3.07. The molecular formula is C20H20O4. The molecule has 0 saturated heterocycles. The summed E-state index contributed by atoms with van der Waals surface area (Å²) >= 11 is 0. The van der Waals surface area contributed by atoms with Crippen LogP contribution in [0.15, 0.2) is 36.4 Å². The third kappa shape index (κ3) is 2.92. The first-order chi connectivity index (χ1) is 11.7. The quantitative estimate of drug-likeness (QED) is 0.810. The van der Waals surface area contributed by atoms with Crippen LogP contribution < -0.4 is 0 Å². The summed E-state index contributed by atoms with van der Waals surface area (Å²) < 4.78 is 9.95. The first-order valence-corrected chi connectivity index (χ1v) is 8.04. The molecule has 2 aromatic carbocycles. The standard InChI is InChI=1S/C20H20O4/c1-23-19(21)17-12-14(11-13-7-4-3-5-8-13)18(20(22)24-2)16-10-6-9-15(16)17/h3-5,7-8,12H,6,9-11H2,1-2H3. The third-order valence-corrected chi connectivity index (χ3v) is 4.52. The molecule has 0 amide bonds. The van der Waals surface area contributed by atoms with Gasteiger partial charge in [-0.1, -0.05) is 30.3 Å². The minimum Gasteiger partial charge on any atom is -0.465 e. The monoisotopic (exact) mass is 324 g/mol. The fourth-order valence-corrected chi connectivity index (χ4v) is 3.45. The SMILES string of the molecule is COC(=O)c1cc(Cc2ccccc2)c(C(=O)OC)c2c1CCC2. The van der Waals surface area contributed by atoms with Crippen molar-refractivity contribution in [3.8, 4) is 0 Å². The summed E-state index contributed by atoms with van der Waals surface area (Å²) in [6.45, 7) is 0. The van der Waals surface area contributed by atoms with E-state index in [1.54, 1.807) is 6.07 Å². The van der Waals surface area contributed by atoms with Crippen LogP contribution in [-0.2, 0) is 28.7 Å². The van der Waals surface area contributed by atoms with E-state index in [4.69, 9.17) is 9.47 Å². The zero-order valence-electron chi connectivity index (χ0n) is 13.9. The number of hydrogen-bond donors (Lipinski definition) is 0. The zero-order chi connectivity index (χ0) is 17.1. The van der Waals surface area contributed by atoms with Gasteiger partial charge in [0.1, 0.15) is 0 Å². The summed E-state index contributed by atoms with van der Waals surface area (Å²) in [6, 6.07) is 11.7. The molecule has 0 aliphatic heterocycles. The second-order valence-electron chi connectivity index (χ2n) is 5.91. The van der Waals surface area contributed by atoms with Crippen molar-refractivity contribution in [2.24, 2.45) is 0 Å². The molecule has 0 bridgehead atoms. The van der Waals surface area contributed by atoms with Gasteiger partial charge in [0.25, 0.3) is 0 Å². The second-order valence-corrected chi connectivity index (χ2v) is 5.91. The lowest BCUT2D eigenvalue weighted by molar-refractivity contribution is 0.0584. The van der Waals surface area contributed by atoms with Gasteiger partial charge in [0.15, 0.2) is 0 Å². The molecule has 0 N–H and O–H groups in total. The zero-order valence-corrected chi connectivity index (χ0v) is 13.9. The van der Waals surface area contributed by atoms with Crippen LogP contribution in [0.3, 0.4) is 0 Å². The first kappa shape index (κ1) is 16.2. The first-order valence-electron chi connectivity index (χ1n) is 8.04. The van der Waals surface area contributed by atoms with Gasteiger partial charge in [-0.15, -0.1) is 0 Å².